The van der Waals surface area contributed by atoms with Gasteiger partial charge in [-0.1, -0.05) is 47.0 Å². The van der Waals surface area contributed by atoms with Gasteiger partial charge in [-0.15, -0.1) is 0 Å². The number of hydrogen-bond donors (Lipinski definition) is 2. The van der Waals surface area contributed by atoms with Crippen molar-refractivity contribution in [2.75, 3.05) is 13.1 Å². The molecule has 102 valence electrons. The minimum absolute atomic E-state index is 0.209. The monoisotopic (exact) mass is 240 g/mol. The third-order valence-electron chi connectivity index (χ3n) is 5.01. The molecule has 1 fully saturated rings. The van der Waals surface area contributed by atoms with Gasteiger partial charge in [0.05, 0.1) is 0 Å². The minimum Gasteiger partial charge on any atom is -0.329 e. The van der Waals surface area contributed by atoms with Gasteiger partial charge in [-0.2, -0.15) is 0 Å². The summed E-state index contributed by atoms with van der Waals surface area (Å²) in [6, 6.07) is 0. The van der Waals surface area contributed by atoms with Gasteiger partial charge in [-0.05, 0) is 37.1 Å². The molecule has 3 N–H and O–H groups in total. The highest BCUT2D eigenvalue weighted by Crippen LogP contribution is 2.36. The molecule has 1 aliphatic rings. The van der Waals surface area contributed by atoms with Crippen LogP contribution in [-0.2, 0) is 0 Å². The van der Waals surface area contributed by atoms with Crippen LogP contribution in [0.5, 0.6) is 0 Å². The lowest BCUT2D eigenvalue weighted by atomic mass is 9.69. The van der Waals surface area contributed by atoms with E-state index in [4.69, 9.17) is 5.73 Å². The summed E-state index contributed by atoms with van der Waals surface area (Å²) in [5.41, 5.74) is 6.31. The van der Waals surface area contributed by atoms with Crippen LogP contribution in [0.1, 0.15) is 59.8 Å². The predicted molar refractivity (Wildman–Crippen MR) is 76.0 cm³/mol. The van der Waals surface area contributed by atoms with E-state index in [2.05, 4.69) is 33.0 Å². The van der Waals surface area contributed by atoms with E-state index in [0.29, 0.717) is 0 Å². The van der Waals surface area contributed by atoms with Crippen LogP contribution >= 0.6 is 0 Å². The summed E-state index contributed by atoms with van der Waals surface area (Å²) in [5.74, 6) is 2.35. The van der Waals surface area contributed by atoms with E-state index in [9.17, 15) is 0 Å². The molecule has 3 atom stereocenters. The third-order valence-corrected chi connectivity index (χ3v) is 5.01. The first-order valence-corrected chi connectivity index (χ1v) is 7.53. The van der Waals surface area contributed by atoms with E-state index in [-0.39, 0.29) is 5.54 Å². The highest BCUT2D eigenvalue weighted by atomic mass is 15.0. The maximum atomic E-state index is 6.10. The van der Waals surface area contributed by atoms with Gasteiger partial charge >= 0.3 is 0 Å². The molecule has 1 saturated carbocycles. The average molecular weight is 240 g/mol. The van der Waals surface area contributed by atoms with Crippen molar-refractivity contribution in [2.24, 2.45) is 23.5 Å². The van der Waals surface area contributed by atoms with E-state index < -0.39 is 0 Å². The van der Waals surface area contributed by atoms with E-state index in [1.807, 2.05) is 0 Å². The molecular formula is C15H32N2. The molecule has 1 rings (SSSR count). The van der Waals surface area contributed by atoms with Gasteiger partial charge in [0, 0.05) is 12.1 Å². The Morgan fingerprint density at radius 3 is 2.41 bits per heavy atom. The van der Waals surface area contributed by atoms with Crippen LogP contribution in [0.15, 0.2) is 0 Å². The zero-order valence-corrected chi connectivity index (χ0v) is 12.3. The molecule has 0 radical (unpaired) electrons. The molecule has 0 amide bonds. The van der Waals surface area contributed by atoms with Crippen molar-refractivity contribution >= 4 is 0 Å². The quantitative estimate of drug-likeness (QED) is 0.748. The van der Waals surface area contributed by atoms with Crippen molar-refractivity contribution in [1.29, 1.82) is 0 Å². The van der Waals surface area contributed by atoms with E-state index in [1.165, 1.54) is 32.1 Å². The summed E-state index contributed by atoms with van der Waals surface area (Å²) < 4.78 is 0. The Balaban J connectivity index is 2.60. The summed E-state index contributed by atoms with van der Waals surface area (Å²) >= 11 is 0. The highest BCUT2D eigenvalue weighted by Gasteiger charge is 2.39. The maximum Gasteiger partial charge on any atom is 0.0332 e. The molecule has 0 aromatic heterocycles. The second-order valence-corrected chi connectivity index (χ2v) is 6.21. The summed E-state index contributed by atoms with van der Waals surface area (Å²) in [4.78, 5) is 0. The van der Waals surface area contributed by atoms with Crippen LogP contribution in [0, 0.1) is 17.8 Å². The Hall–Kier alpha value is -0.0800. The highest BCUT2D eigenvalue weighted by molar-refractivity contribution is 4.98. The molecule has 0 aromatic carbocycles. The van der Waals surface area contributed by atoms with E-state index >= 15 is 0 Å². The Bertz CT molecular complexity index is 213. The standard InChI is InChI=1S/C15H32N2/c1-5-14(6-2)10-17-15(11-16)9-12(3)7-8-13(15)4/h12-14,17H,5-11,16H2,1-4H3. The molecule has 0 bridgehead atoms. The van der Waals surface area contributed by atoms with Gasteiger partial charge in [0.25, 0.3) is 0 Å². The zero-order valence-electron chi connectivity index (χ0n) is 12.3. The second-order valence-electron chi connectivity index (χ2n) is 6.21. The Labute approximate surface area is 108 Å². The van der Waals surface area contributed by atoms with Crippen molar-refractivity contribution < 1.29 is 0 Å². The van der Waals surface area contributed by atoms with Crippen LogP contribution in [-0.4, -0.2) is 18.6 Å². The first kappa shape index (κ1) is 15.0. The lowest BCUT2D eigenvalue weighted by Crippen LogP contribution is -2.59. The van der Waals surface area contributed by atoms with Crippen LogP contribution in [0.3, 0.4) is 0 Å². The minimum atomic E-state index is 0.209. The lowest BCUT2D eigenvalue weighted by Gasteiger charge is -2.46. The summed E-state index contributed by atoms with van der Waals surface area (Å²) in [6.45, 7) is 11.3. The number of rotatable bonds is 6. The fraction of sp³-hybridized carbons (Fsp3) is 1.00. The van der Waals surface area contributed by atoms with Crippen LogP contribution in [0.25, 0.3) is 0 Å². The van der Waals surface area contributed by atoms with Crippen molar-refractivity contribution in [3.05, 3.63) is 0 Å². The lowest BCUT2D eigenvalue weighted by molar-refractivity contribution is 0.120. The topological polar surface area (TPSA) is 38.0 Å². The Morgan fingerprint density at radius 2 is 1.88 bits per heavy atom. The molecule has 0 saturated heterocycles. The Kier molecular flexibility index (Phi) is 5.94. The third kappa shape index (κ3) is 3.69. The first-order chi connectivity index (χ1) is 8.07. The number of hydrogen-bond acceptors (Lipinski definition) is 2. The summed E-state index contributed by atoms with van der Waals surface area (Å²) in [7, 11) is 0. The molecule has 17 heavy (non-hydrogen) atoms. The van der Waals surface area contributed by atoms with Crippen molar-refractivity contribution in [3.63, 3.8) is 0 Å². The number of nitrogens with one attached hydrogen (secondary N) is 1. The smallest absolute Gasteiger partial charge is 0.0332 e. The molecule has 1 aliphatic carbocycles. The Morgan fingerprint density at radius 1 is 1.24 bits per heavy atom. The molecule has 0 spiro atoms. The van der Waals surface area contributed by atoms with E-state index in [1.54, 1.807) is 0 Å². The molecule has 0 aromatic rings. The molecule has 2 nitrogen and oxygen atoms in total. The summed E-state index contributed by atoms with van der Waals surface area (Å²) in [5, 5.41) is 3.84. The average Bonchev–Trinajstić information content (AvgIpc) is 2.34. The van der Waals surface area contributed by atoms with Gasteiger partial charge in [0.1, 0.15) is 0 Å². The normalized spacial score (nSPS) is 34.2. The molecular weight excluding hydrogens is 208 g/mol. The molecule has 0 aliphatic heterocycles. The van der Waals surface area contributed by atoms with Crippen LogP contribution in [0.4, 0.5) is 0 Å². The predicted octanol–water partition coefficient (Wildman–Crippen LogP) is 3.17. The second kappa shape index (κ2) is 6.75. The zero-order chi connectivity index (χ0) is 12.9. The van der Waals surface area contributed by atoms with Gasteiger partial charge in [-0.3, -0.25) is 0 Å². The first-order valence-electron chi connectivity index (χ1n) is 7.53. The van der Waals surface area contributed by atoms with Crippen molar-refractivity contribution in [2.45, 2.75) is 65.3 Å². The number of nitrogens with two attached hydrogens (primary N) is 1. The van der Waals surface area contributed by atoms with E-state index in [0.717, 1.165) is 30.8 Å². The van der Waals surface area contributed by atoms with Gasteiger partial charge in [0.15, 0.2) is 0 Å². The van der Waals surface area contributed by atoms with Gasteiger partial charge in [0.2, 0.25) is 0 Å². The fourth-order valence-electron chi connectivity index (χ4n) is 3.26. The van der Waals surface area contributed by atoms with Gasteiger partial charge < -0.3 is 11.1 Å². The SMILES string of the molecule is CCC(CC)CNC1(CN)CC(C)CCC1C. The van der Waals surface area contributed by atoms with Gasteiger partial charge in [-0.25, -0.2) is 0 Å². The summed E-state index contributed by atoms with van der Waals surface area (Å²) in [6.07, 6.45) is 6.50. The van der Waals surface area contributed by atoms with Crippen molar-refractivity contribution in [3.8, 4) is 0 Å². The molecule has 0 heterocycles. The maximum absolute atomic E-state index is 6.10. The van der Waals surface area contributed by atoms with Crippen LogP contribution < -0.4 is 11.1 Å². The molecule has 3 unspecified atom stereocenters. The molecule has 2 heteroatoms. The largest absolute Gasteiger partial charge is 0.329 e. The van der Waals surface area contributed by atoms with Crippen molar-refractivity contribution in [1.82, 2.24) is 5.32 Å². The van der Waals surface area contributed by atoms with Crippen LogP contribution in [0.2, 0.25) is 0 Å². The fourth-order valence-corrected chi connectivity index (χ4v) is 3.26.